The molecule has 0 fully saturated rings. The van der Waals surface area contributed by atoms with Gasteiger partial charge in [-0.25, -0.2) is 9.59 Å². The lowest BCUT2D eigenvalue weighted by Gasteiger charge is -2.30. The molecule has 8 nitrogen and oxygen atoms in total. The smallest absolute Gasteiger partial charge is 0.336 e. The Bertz CT molecular complexity index is 1330. The molecule has 0 spiro atoms. The van der Waals surface area contributed by atoms with E-state index in [1.165, 1.54) is 18.2 Å². The highest BCUT2D eigenvalue weighted by molar-refractivity contribution is 6.00. The maximum Gasteiger partial charge on any atom is 0.336 e. The van der Waals surface area contributed by atoms with E-state index >= 15 is 0 Å². The van der Waals surface area contributed by atoms with Crippen LogP contribution in [0, 0.1) is 10.1 Å². The number of hydrogen-bond donors (Lipinski definition) is 1. The number of allylic oxidation sites excluding steroid dienone is 2. The Morgan fingerprint density at radius 1 is 0.769 bits per heavy atom. The van der Waals surface area contributed by atoms with E-state index in [0.29, 0.717) is 29.8 Å². The number of hydrogen-bond acceptors (Lipinski definition) is 7. The molecule has 200 valence electrons. The first-order chi connectivity index (χ1) is 18.8. The summed E-state index contributed by atoms with van der Waals surface area (Å²) in [5.74, 6) is -2.11. The molecule has 0 saturated heterocycles. The third-order valence-corrected chi connectivity index (χ3v) is 6.55. The zero-order chi connectivity index (χ0) is 27.8. The Kier molecular flexibility index (Phi) is 8.89. The number of nitro groups is 1. The molecule has 0 bridgehead atoms. The third-order valence-electron chi connectivity index (χ3n) is 6.55. The molecule has 0 amide bonds. The van der Waals surface area contributed by atoms with Crippen molar-refractivity contribution >= 4 is 17.6 Å². The number of carbonyl (C=O) groups is 2. The van der Waals surface area contributed by atoms with Crippen LogP contribution in [0.1, 0.15) is 36.5 Å². The Morgan fingerprint density at radius 2 is 1.26 bits per heavy atom. The fourth-order valence-electron chi connectivity index (χ4n) is 4.65. The van der Waals surface area contributed by atoms with Gasteiger partial charge in [-0.05, 0) is 30.5 Å². The van der Waals surface area contributed by atoms with Crippen LogP contribution in [0.15, 0.2) is 107 Å². The molecule has 3 aromatic carbocycles. The minimum absolute atomic E-state index is 0.140. The van der Waals surface area contributed by atoms with Crippen molar-refractivity contribution in [3.8, 4) is 0 Å². The SMILES string of the molecule is CC1=C(C(=O)OCCc2ccccc2)C(c2cccc([N+](=O)[O-])c2)C(C(=O)OCCc2ccccc2)=C(C)N1. The lowest BCUT2D eigenvalue weighted by Crippen LogP contribution is -2.33. The summed E-state index contributed by atoms with van der Waals surface area (Å²) >= 11 is 0. The maximum atomic E-state index is 13.4. The molecule has 39 heavy (non-hydrogen) atoms. The van der Waals surface area contributed by atoms with Gasteiger partial charge < -0.3 is 14.8 Å². The van der Waals surface area contributed by atoms with Gasteiger partial charge in [0.25, 0.3) is 5.69 Å². The largest absolute Gasteiger partial charge is 0.462 e. The molecule has 4 rings (SSSR count). The fraction of sp³-hybridized carbons (Fsp3) is 0.226. The summed E-state index contributed by atoms with van der Waals surface area (Å²) in [5.41, 5.74) is 3.76. The molecule has 1 aliphatic rings. The van der Waals surface area contributed by atoms with Crippen LogP contribution < -0.4 is 5.32 Å². The summed E-state index contributed by atoms with van der Waals surface area (Å²) in [6.07, 6.45) is 1.05. The number of nitrogens with zero attached hydrogens (tertiary/aromatic N) is 1. The number of esters is 2. The van der Waals surface area contributed by atoms with Gasteiger partial charge in [-0.1, -0.05) is 72.8 Å². The highest BCUT2D eigenvalue weighted by atomic mass is 16.6. The summed E-state index contributed by atoms with van der Waals surface area (Å²) in [5, 5.41) is 14.7. The molecule has 1 heterocycles. The van der Waals surface area contributed by atoms with Crippen molar-refractivity contribution in [1.29, 1.82) is 0 Å². The normalized spacial score (nSPS) is 13.6. The van der Waals surface area contributed by atoms with E-state index in [4.69, 9.17) is 9.47 Å². The van der Waals surface area contributed by atoms with Gasteiger partial charge in [0.1, 0.15) is 0 Å². The molecular weight excluding hydrogens is 496 g/mol. The summed E-state index contributed by atoms with van der Waals surface area (Å²) in [4.78, 5) is 37.9. The monoisotopic (exact) mass is 526 g/mol. The van der Waals surface area contributed by atoms with Crippen molar-refractivity contribution < 1.29 is 24.0 Å². The molecule has 1 N–H and O–H groups in total. The number of ether oxygens (including phenoxy) is 2. The minimum Gasteiger partial charge on any atom is -0.462 e. The van der Waals surface area contributed by atoms with Crippen molar-refractivity contribution in [3.63, 3.8) is 0 Å². The average molecular weight is 527 g/mol. The maximum absolute atomic E-state index is 13.4. The summed E-state index contributed by atoms with van der Waals surface area (Å²) < 4.78 is 11.3. The molecule has 8 heteroatoms. The fourth-order valence-corrected chi connectivity index (χ4v) is 4.65. The first-order valence-electron chi connectivity index (χ1n) is 12.7. The average Bonchev–Trinajstić information content (AvgIpc) is 2.93. The number of nitro benzene ring substituents is 1. The lowest BCUT2D eigenvalue weighted by atomic mass is 9.80. The van der Waals surface area contributed by atoms with Crippen LogP contribution in [0.25, 0.3) is 0 Å². The van der Waals surface area contributed by atoms with Gasteiger partial charge in [0.2, 0.25) is 0 Å². The van der Waals surface area contributed by atoms with Gasteiger partial charge in [0, 0.05) is 36.4 Å². The summed E-state index contributed by atoms with van der Waals surface area (Å²) in [6.45, 7) is 3.72. The van der Waals surface area contributed by atoms with E-state index in [1.807, 2.05) is 60.7 Å². The molecule has 0 atom stereocenters. The Balaban J connectivity index is 1.61. The van der Waals surface area contributed by atoms with E-state index in [2.05, 4.69) is 5.32 Å². The van der Waals surface area contributed by atoms with Gasteiger partial charge in [-0.3, -0.25) is 10.1 Å². The quantitative estimate of drug-likeness (QED) is 0.214. The first kappa shape index (κ1) is 27.3. The number of dihydropyridines is 1. The number of rotatable bonds is 10. The predicted octanol–water partition coefficient (Wildman–Crippen LogP) is 5.40. The second-order valence-electron chi connectivity index (χ2n) is 9.23. The Labute approximate surface area is 227 Å². The van der Waals surface area contributed by atoms with E-state index in [1.54, 1.807) is 19.9 Å². The molecular formula is C31H30N2O6. The first-order valence-corrected chi connectivity index (χ1v) is 12.7. The molecule has 3 aromatic rings. The zero-order valence-corrected chi connectivity index (χ0v) is 21.9. The van der Waals surface area contributed by atoms with Gasteiger partial charge in [-0.15, -0.1) is 0 Å². The van der Waals surface area contributed by atoms with Crippen molar-refractivity contribution in [2.45, 2.75) is 32.6 Å². The number of non-ortho nitro benzene ring substituents is 1. The molecule has 0 radical (unpaired) electrons. The number of carbonyl (C=O) groups excluding carboxylic acids is 2. The van der Waals surface area contributed by atoms with Crippen molar-refractivity contribution in [1.82, 2.24) is 5.32 Å². The van der Waals surface area contributed by atoms with Crippen LogP contribution in [0.3, 0.4) is 0 Å². The van der Waals surface area contributed by atoms with Gasteiger partial charge in [0.15, 0.2) is 0 Å². The molecule has 0 aliphatic carbocycles. The second kappa shape index (κ2) is 12.7. The standard InChI is InChI=1S/C31H30N2O6/c1-21-27(30(34)38-18-16-23-10-5-3-6-11-23)29(25-14-9-15-26(20-25)33(36)37)28(22(2)32-21)31(35)39-19-17-24-12-7-4-8-13-24/h3-15,20,29,32H,16-19H2,1-2H3. The molecule has 1 aliphatic heterocycles. The molecule has 0 aromatic heterocycles. The van der Waals surface area contributed by atoms with Crippen LogP contribution in [-0.4, -0.2) is 30.1 Å². The molecule has 0 saturated carbocycles. The van der Waals surface area contributed by atoms with Crippen LogP contribution in [0.5, 0.6) is 0 Å². The van der Waals surface area contributed by atoms with Gasteiger partial charge in [0.05, 0.1) is 35.2 Å². The van der Waals surface area contributed by atoms with E-state index in [9.17, 15) is 19.7 Å². The lowest BCUT2D eigenvalue weighted by molar-refractivity contribution is -0.384. The van der Waals surface area contributed by atoms with E-state index in [0.717, 1.165) is 11.1 Å². The van der Waals surface area contributed by atoms with Crippen LogP contribution in [0.2, 0.25) is 0 Å². The van der Waals surface area contributed by atoms with Gasteiger partial charge in [-0.2, -0.15) is 0 Å². The Hall–Kier alpha value is -4.72. The van der Waals surface area contributed by atoms with Crippen LogP contribution in [-0.2, 0) is 31.9 Å². The van der Waals surface area contributed by atoms with Crippen LogP contribution in [0.4, 0.5) is 5.69 Å². The van der Waals surface area contributed by atoms with Gasteiger partial charge >= 0.3 is 11.9 Å². The second-order valence-corrected chi connectivity index (χ2v) is 9.23. The number of nitrogens with one attached hydrogen (secondary N) is 1. The molecule has 0 unspecified atom stereocenters. The minimum atomic E-state index is -0.903. The zero-order valence-electron chi connectivity index (χ0n) is 21.9. The Morgan fingerprint density at radius 3 is 1.72 bits per heavy atom. The summed E-state index contributed by atoms with van der Waals surface area (Å²) in [7, 11) is 0. The van der Waals surface area contributed by atoms with E-state index in [-0.39, 0.29) is 30.0 Å². The van der Waals surface area contributed by atoms with Crippen molar-refractivity contribution in [2.24, 2.45) is 0 Å². The predicted molar refractivity (Wildman–Crippen MR) is 147 cm³/mol. The third kappa shape index (κ3) is 6.78. The topological polar surface area (TPSA) is 108 Å². The number of benzene rings is 3. The highest BCUT2D eigenvalue weighted by Crippen LogP contribution is 2.40. The van der Waals surface area contributed by atoms with Crippen molar-refractivity contribution in [2.75, 3.05) is 13.2 Å². The highest BCUT2D eigenvalue weighted by Gasteiger charge is 2.38. The van der Waals surface area contributed by atoms with Crippen LogP contribution >= 0.6 is 0 Å². The van der Waals surface area contributed by atoms with Crippen molar-refractivity contribution in [3.05, 3.63) is 134 Å². The van der Waals surface area contributed by atoms with E-state index < -0.39 is 22.8 Å². The summed E-state index contributed by atoms with van der Waals surface area (Å²) in [6, 6.07) is 25.2.